The molecule has 2 N–H and O–H groups in total. The van der Waals surface area contributed by atoms with Gasteiger partial charge in [-0.25, -0.2) is 4.98 Å². The van der Waals surface area contributed by atoms with Gasteiger partial charge >= 0.3 is 0 Å². The van der Waals surface area contributed by atoms with E-state index in [4.69, 9.17) is 16.3 Å². The summed E-state index contributed by atoms with van der Waals surface area (Å²) in [6, 6.07) is 11.3. The van der Waals surface area contributed by atoms with Gasteiger partial charge in [0.05, 0.1) is 18.5 Å². The van der Waals surface area contributed by atoms with Crippen LogP contribution in [0.4, 0.5) is 17.5 Å². The highest BCUT2D eigenvalue weighted by Gasteiger charge is 2.11. The van der Waals surface area contributed by atoms with Crippen molar-refractivity contribution in [2.45, 2.75) is 19.9 Å². The molecule has 0 saturated heterocycles. The summed E-state index contributed by atoms with van der Waals surface area (Å²) >= 11 is 6.12. The molecule has 3 rings (SSSR count). The average Bonchev–Trinajstić information content (AvgIpc) is 2.62. The van der Waals surface area contributed by atoms with E-state index >= 15 is 0 Å². The Morgan fingerprint density at radius 2 is 1.96 bits per heavy atom. The number of aromatic nitrogens is 3. The predicted octanol–water partition coefficient (Wildman–Crippen LogP) is 4.76. The summed E-state index contributed by atoms with van der Waals surface area (Å²) in [6.45, 7) is 4.07. The molecule has 1 aromatic carbocycles. The lowest BCUT2D eigenvalue weighted by Gasteiger charge is -2.14. The quantitative estimate of drug-likeness (QED) is 0.652. The van der Waals surface area contributed by atoms with Crippen LogP contribution in [0.3, 0.4) is 0 Å². The SMILES string of the molecule is COc1ccc(Cl)cc1Nc1cc(-c2cccnc2)nc(NC(C)C)n1. The van der Waals surface area contributed by atoms with Crippen LogP contribution >= 0.6 is 11.6 Å². The molecule has 6 nitrogen and oxygen atoms in total. The maximum absolute atomic E-state index is 6.12. The third-order valence-corrected chi connectivity index (χ3v) is 3.76. The van der Waals surface area contributed by atoms with Crippen LogP contribution in [0.15, 0.2) is 48.8 Å². The lowest BCUT2D eigenvalue weighted by Crippen LogP contribution is -2.13. The fourth-order valence-electron chi connectivity index (χ4n) is 2.41. The third kappa shape index (κ3) is 4.40. The first-order valence-electron chi connectivity index (χ1n) is 8.21. The molecule has 0 aliphatic heterocycles. The molecule has 2 heterocycles. The first-order chi connectivity index (χ1) is 12.5. The first-order valence-corrected chi connectivity index (χ1v) is 8.59. The smallest absolute Gasteiger partial charge is 0.225 e. The Hall–Kier alpha value is -2.86. The van der Waals surface area contributed by atoms with Crippen LogP contribution in [0.1, 0.15) is 13.8 Å². The lowest BCUT2D eigenvalue weighted by atomic mass is 10.2. The number of rotatable bonds is 6. The van der Waals surface area contributed by atoms with Crippen molar-refractivity contribution < 1.29 is 4.74 Å². The lowest BCUT2D eigenvalue weighted by molar-refractivity contribution is 0.417. The molecule has 0 unspecified atom stereocenters. The molecule has 0 aliphatic rings. The van der Waals surface area contributed by atoms with Gasteiger partial charge in [0.25, 0.3) is 0 Å². The molecule has 2 aromatic heterocycles. The van der Waals surface area contributed by atoms with Gasteiger partial charge in [-0.3, -0.25) is 4.98 Å². The van der Waals surface area contributed by atoms with Crippen LogP contribution in [0.2, 0.25) is 5.02 Å². The molecule has 0 spiro atoms. The number of anilines is 3. The van der Waals surface area contributed by atoms with Gasteiger partial charge < -0.3 is 15.4 Å². The van der Waals surface area contributed by atoms with E-state index in [0.717, 1.165) is 16.9 Å². The average molecular weight is 370 g/mol. The van der Waals surface area contributed by atoms with Crippen molar-refractivity contribution in [3.63, 3.8) is 0 Å². The van der Waals surface area contributed by atoms with Gasteiger partial charge in [-0.1, -0.05) is 11.6 Å². The topological polar surface area (TPSA) is 72.0 Å². The van der Waals surface area contributed by atoms with Crippen LogP contribution < -0.4 is 15.4 Å². The van der Waals surface area contributed by atoms with Crippen LogP contribution in [0.25, 0.3) is 11.3 Å². The van der Waals surface area contributed by atoms with Crippen molar-refractivity contribution in [2.75, 3.05) is 17.7 Å². The molecule has 0 atom stereocenters. The van der Waals surface area contributed by atoms with Crippen LogP contribution in [0, 0.1) is 0 Å². The number of hydrogen-bond acceptors (Lipinski definition) is 6. The number of hydrogen-bond donors (Lipinski definition) is 2. The highest BCUT2D eigenvalue weighted by atomic mass is 35.5. The molecule has 0 radical (unpaired) electrons. The summed E-state index contributed by atoms with van der Waals surface area (Å²) in [5.41, 5.74) is 2.40. The minimum atomic E-state index is 0.202. The van der Waals surface area contributed by atoms with E-state index in [2.05, 4.69) is 25.6 Å². The van der Waals surface area contributed by atoms with E-state index in [1.807, 2.05) is 32.0 Å². The minimum absolute atomic E-state index is 0.202. The number of pyridine rings is 1. The molecule has 0 saturated carbocycles. The number of nitrogens with one attached hydrogen (secondary N) is 2. The van der Waals surface area contributed by atoms with Crippen molar-refractivity contribution >= 4 is 29.1 Å². The van der Waals surface area contributed by atoms with E-state index in [1.165, 1.54) is 0 Å². The summed E-state index contributed by atoms with van der Waals surface area (Å²) in [7, 11) is 1.61. The zero-order chi connectivity index (χ0) is 18.5. The van der Waals surface area contributed by atoms with E-state index in [1.54, 1.807) is 37.7 Å². The second kappa shape index (κ2) is 8.01. The standard InChI is InChI=1S/C19H20ClN5O/c1-12(2)22-19-24-15(13-5-4-8-21-11-13)10-18(25-19)23-16-9-14(20)6-7-17(16)26-3/h4-12H,1-3H3,(H2,22,23,24,25). The fraction of sp³-hybridized carbons (Fsp3) is 0.211. The Kier molecular flexibility index (Phi) is 5.53. The highest BCUT2D eigenvalue weighted by Crippen LogP contribution is 2.31. The summed E-state index contributed by atoms with van der Waals surface area (Å²) in [4.78, 5) is 13.3. The molecule has 0 bridgehead atoms. The fourth-order valence-corrected chi connectivity index (χ4v) is 2.58. The molecule has 3 aromatic rings. The second-order valence-corrected chi connectivity index (χ2v) is 6.41. The van der Waals surface area contributed by atoms with E-state index < -0.39 is 0 Å². The van der Waals surface area contributed by atoms with Gasteiger partial charge in [-0.15, -0.1) is 0 Å². The molecule has 7 heteroatoms. The summed E-state index contributed by atoms with van der Waals surface area (Å²) in [5, 5.41) is 7.12. The van der Waals surface area contributed by atoms with E-state index in [-0.39, 0.29) is 6.04 Å². The number of methoxy groups -OCH3 is 1. The number of ether oxygens (including phenoxy) is 1. The third-order valence-electron chi connectivity index (χ3n) is 3.53. The van der Waals surface area contributed by atoms with Crippen molar-refractivity contribution in [3.8, 4) is 17.0 Å². The van der Waals surface area contributed by atoms with Crippen molar-refractivity contribution in [2.24, 2.45) is 0 Å². The second-order valence-electron chi connectivity index (χ2n) is 5.97. The van der Waals surface area contributed by atoms with Gasteiger partial charge in [0.2, 0.25) is 5.95 Å². The van der Waals surface area contributed by atoms with Crippen LogP contribution in [-0.2, 0) is 0 Å². The Morgan fingerprint density at radius 1 is 1.12 bits per heavy atom. The van der Waals surface area contributed by atoms with Gasteiger partial charge in [0, 0.05) is 35.1 Å². The molecule has 0 fully saturated rings. The van der Waals surface area contributed by atoms with Gasteiger partial charge in [0.15, 0.2) is 0 Å². The Bertz CT molecular complexity index is 886. The van der Waals surface area contributed by atoms with Gasteiger partial charge in [-0.2, -0.15) is 4.98 Å². The van der Waals surface area contributed by atoms with Crippen molar-refractivity contribution in [3.05, 3.63) is 53.8 Å². The molecule has 134 valence electrons. The van der Waals surface area contributed by atoms with Crippen LogP contribution in [0.5, 0.6) is 5.75 Å². The van der Waals surface area contributed by atoms with Gasteiger partial charge in [-0.05, 0) is 44.2 Å². The maximum atomic E-state index is 6.12. The summed E-state index contributed by atoms with van der Waals surface area (Å²) in [5.74, 6) is 1.83. The Labute approximate surface area is 157 Å². The first kappa shape index (κ1) is 17.9. The highest BCUT2D eigenvalue weighted by molar-refractivity contribution is 6.31. The maximum Gasteiger partial charge on any atom is 0.225 e. The normalized spacial score (nSPS) is 10.7. The monoisotopic (exact) mass is 369 g/mol. The largest absolute Gasteiger partial charge is 0.495 e. The van der Waals surface area contributed by atoms with Crippen LogP contribution in [-0.4, -0.2) is 28.1 Å². The molecular formula is C19H20ClN5O. The zero-order valence-corrected chi connectivity index (χ0v) is 15.6. The minimum Gasteiger partial charge on any atom is -0.495 e. The van der Waals surface area contributed by atoms with E-state index in [0.29, 0.717) is 22.5 Å². The molecular weight excluding hydrogens is 350 g/mol. The van der Waals surface area contributed by atoms with E-state index in [9.17, 15) is 0 Å². The Morgan fingerprint density at radius 3 is 2.65 bits per heavy atom. The zero-order valence-electron chi connectivity index (χ0n) is 14.8. The number of nitrogens with zero attached hydrogens (tertiary/aromatic N) is 3. The summed E-state index contributed by atoms with van der Waals surface area (Å²) < 4.78 is 5.39. The van der Waals surface area contributed by atoms with Crippen molar-refractivity contribution in [1.82, 2.24) is 15.0 Å². The number of benzene rings is 1. The molecule has 26 heavy (non-hydrogen) atoms. The van der Waals surface area contributed by atoms with Crippen molar-refractivity contribution in [1.29, 1.82) is 0 Å². The molecule has 0 aliphatic carbocycles. The summed E-state index contributed by atoms with van der Waals surface area (Å²) in [6.07, 6.45) is 3.50. The predicted molar refractivity (Wildman–Crippen MR) is 105 cm³/mol. The Balaban J connectivity index is 2.02. The van der Waals surface area contributed by atoms with Gasteiger partial charge in [0.1, 0.15) is 11.6 Å². The molecule has 0 amide bonds. The number of halogens is 1.